The van der Waals surface area contributed by atoms with Crippen molar-refractivity contribution in [2.45, 2.75) is 98.3 Å². The SMILES string of the molecule is C.CCCCCCCCC(CN)CCCCCC. The normalized spacial score (nSPS) is 12.2. The summed E-state index contributed by atoms with van der Waals surface area (Å²) in [5.41, 5.74) is 5.85. The predicted molar refractivity (Wildman–Crippen MR) is 86.0 cm³/mol. The first kappa shape index (κ1) is 20.3. The summed E-state index contributed by atoms with van der Waals surface area (Å²) in [5, 5.41) is 0. The summed E-state index contributed by atoms with van der Waals surface area (Å²) >= 11 is 0. The van der Waals surface area contributed by atoms with Crippen molar-refractivity contribution < 1.29 is 0 Å². The Kier molecular flexibility index (Phi) is 19.1. The van der Waals surface area contributed by atoms with Crippen molar-refractivity contribution in [3.63, 3.8) is 0 Å². The van der Waals surface area contributed by atoms with Crippen molar-refractivity contribution in [1.82, 2.24) is 0 Å². The zero-order valence-electron chi connectivity index (χ0n) is 12.3. The predicted octanol–water partition coefficient (Wildman–Crippen LogP) is 5.92. The second-order valence-corrected chi connectivity index (χ2v) is 5.51. The van der Waals surface area contributed by atoms with Crippen LogP contribution in [0.1, 0.15) is 98.3 Å². The molecule has 1 heteroatoms. The Bertz CT molecular complexity index is 134. The van der Waals surface area contributed by atoms with Crippen LogP contribution in [0.4, 0.5) is 0 Å². The molecule has 0 aromatic heterocycles. The largest absolute Gasteiger partial charge is 0.330 e. The van der Waals surface area contributed by atoms with Crippen molar-refractivity contribution >= 4 is 0 Å². The van der Waals surface area contributed by atoms with Crippen LogP contribution in [0.3, 0.4) is 0 Å². The smallest absolute Gasteiger partial charge is 0.00489 e. The van der Waals surface area contributed by atoms with Gasteiger partial charge in [0.05, 0.1) is 0 Å². The van der Waals surface area contributed by atoms with Gasteiger partial charge in [-0.1, -0.05) is 85.5 Å². The standard InChI is InChI=1S/C16H35N.CH4/c1-3-5-7-9-10-12-14-16(15-17)13-11-8-6-4-2;/h16H,3-15,17H2,1-2H3;1H4. The highest BCUT2D eigenvalue weighted by Crippen LogP contribution is 2.17. The molecule has 0 aliphatic heterocycles. The van der Waals surface area contributed by atoms with Gasteiger partial charge in [0, 0.05) is 0 Å². The summed E-state index contributed by atoms with van der Waals surface area (Å²) < 4.78 is 0. The lowest BCUT2D eigenvalue weighted by molar-refractivity contribution is 0.412. The van der Waals surface area contributed by atoms with Crippen molar-refractivity contribution in [2.75, 3.05) is 6.54 Å². The minimum absolute atomic E-state index is 0. The first-order valence-corrected chi connectivity index (χ1v) is 8.05. The van der Waals surface area contributed by atoms with Gasteiger partial charge in [-0.15, -0.1) is 0 Å². The Morgan fingerprint density at radius 3 is 1.50 bits per heavy atom. The molecule has 1 unspecified atom stereocenters. The van der Waals surface area contributed by atoms with Crippen LogP contribution in [0.5, 0.6) is 0 Å². The first-order chi connectivity index (χ1) is 8.35. The van der Waals surface area contributed by atoms with Crippen LogP contribution in [0.25, 0.3) is 0 Å². The van der Waals surface area contributed by atoms with Gasteiger partial charge in [-0.2, -0.15) is 0 Å². The molecule has 112 valence electrons. The van der Waals surface area contributed by atoms with E-state index in [1.54, 1.807) is 0 Å². The Hall–Kier alpha value is -0.0400. The van der Waals surface area contributed by atoms with Gasteiger partial charge >= 0.3 is 0 Å². The van der Waals surface area contributed by atoms with Crippen LogP contribution in [-0.4, -0.2) is 6.54 Å². The molecule has 0 aliphatic rings. The van der Waals surface area contributed by atoms with Gasteiger partial charge in [-0.05, 0) is 25.3 Å². The maximum atomic E-state index is 5.85. The highest BCUT2D eigenvalue weighted by molar-refractivity contribution is 4.61. The van der Waals surface area contributed by atoms with Crippen LogP contribution in [0.2, 0.25) is 0 Å². The zero-order valence-corrected chi connectivity index (χ0v) is 12.3. The third-order valence-corrected chi connectivity index (χ3v) is 3.77. The maximum Gasteiger partial charge on any atom is -0.00489 e. The van der Waals surface area contributed by atoms with Gasteiger partial charge in [0.2, 0.25) is 0 Å². The lowest BCUT2D eigenvalue weighted by Crippen LogP contribution is -2.14. The molecule has 2 N–H and O–H groups in total. The van der Waals surface area contributed by atoms with E-state index in [0.717, 1.165) is 12.5 Å². The van der Waals surface area contributed by atoms with E-state index in [1.165, 1.54) is 77.0 Å². The zero-order chi connectivity index (χ0) is 12.8. The molecular formula is C17H39N. The second-order valence-electron chi connectivity index (χ2n) is 5.51. The van der Waals surface area contributed by atoms with E-state index in [4.69, 9.17) is 5.73 Å². The topological polar surface area (TPSA) is 26.0 Å². The second kappa shape index (κ2) is 17.0. The molecule has 18 heavy (non-hydrogen) atoms. The lowest BCUT2D eigenvalue weighted by atomic mass is 9.94. The Balaban J connectivity index is 0. The van der Waals surface area contributed by atoms with E-state index in [-0.39, 0.29) is 7.43 Å². The molecule has 0 aliphatic carbocycles. The van der Waals surface area contributed by atoms with Crippen LogP contribution in [0.15, 0.2) is 0 Å². The number of hydrogen-bond acceptors (Lipinski definition) is 1. The van der Waals surface area contributed by atoms with Crippen LogP contribution in [0, 0.1) is 5.92 Å². The summed E-state index contributed by atoms with van der Waals surface area (Å²) in [4.78, 5) is 0. The van der Waals surface area contributed by atoms with E-state index in [9.17, 15) is 0 Å². The molecular weight excluding hydrogens is 218 g/mol. The Labute approximate surface area is 117 Å². The molecule has 1 atom stereocenters. The third kappa shape index (κ3) is 14.0. The van der Waals surface area contributed by atoms with Gasteiger partial charge in [-0.3, -0.25) is 0 Å². The van der Waals surface area contributed by atoms with E-state index in [2.05, 4.69) is 13.8 Å². The molecule has 0 fully saturated rings. The number of rotatable bonds is 13. The molecule has 1 nitrogen and oxygen atoms in total. The van der Waals surface area contributed by atoms with Crippen LogP contribution < -0.4 is 5.73 Å². The van der Waals surface area contributed by atoms with Crippen LogP contribution in [-0.2, 0) is 0 Å². The average Bonchev–Trinajstić information content (AvgIpc) is 2.36. The molecule has 0 bridgehead atoms. The van der Waals surface area contributed by atoms with E-state index in [1.807, 2.05) is 0 Å². The van der Waals surface area contributed by atoms with E-state index in [0.29, 0.717) is 0 Å². The highest BCUT2D eigenvalue weighted by atomic mass is 14.5. The monoisotopic (exact) mass is 257 g/mol. The van der Waals surface area contributed by atoms with Crippen molar-refractivity contribution in [3.8, 4) is 0 Å². The molecule has 0 rings (SSSR count). The number of hydrogen-bond donors (Lipinski definition) is 1. The fourth-order valence-corrected chi connectivity index (χ4v) is 2.45. The maximum absolute atomic E-state index is 5.85. The average molecular weight is 258 g/mol. The van der Waals surface area contributed by atoms with Gasteiger partial charge in [-0.25, -0.2) is 0 Å². The number of nitrogens with two attached hydrogens (primary N) is 1. The fraction of sp³-hybridized carbons (Fsp3) is 1.00. The summed E-state index contributed by atoms with van der Waals surface area (Å²) in [6.45, 7) is 5.46. The molecule has 0 saturated carbocycles. The molecule has 0 aromatic rings. The minimum atomic E-state index is 0. The molecule has 0 saturated heterocycles. The Morgan fingerprint density at radius 1 is 0.667 bits per heavy atom. The van der Waals surface area contributed by atoms with E-state index < -0.39 is 0 Å². The fourth-order valence-electron chi connectivity index (χ4n) is 2.45. The molecule has 0 spiro atoms. The van der Waals surface area contributed by atoms with Crippen molar-refractivity contribution in [2.24, 2.45) is 11.7 Å². The quantitative estimate of drug-likeness (QED) is 0.407. The lowest BCUT2D eigenvalue weighted by Gasteiger charge is -2.14. The molecule has 0 heterocycles. The summed E-state index contributed by atoms with van der Waals surface area (Å²) in [7, 11) is 0. The Morgan fingerprint density at radius 2 is 1.06 bits per heavy atom. The summed E-state index contributed by atoms with van der Waals surface area (Å²) in [6, 6.07) is 0. The van der Waals surface area contributed by atoms with Gasteiger partial charge in [0.25, 0.3) is 0 Å². The minimum Gasteiger partial charge on any atom is -0.330 e. The van der Waals surface area contributed by atoms with Gasteiger partial charge in [0.15, 0.2) is 0 Å². The van der Waals surface area contributed by atoms with Crippen molar-refractivity contribution in [3.05, 3.63) is 0 Å². The van der Waals surface area contributed by atoms with E-state index >= 15 is 0 Å². The highest BCUT2D eigenvalue weighted by Gasteiger charge is 2.05. The van der Waals surface area contributed by atoms with Crippen LogP contribution >= 0.6 is 0 Å². The van der Waals surface area contributed by atoms with Gasteiger partial charge < -0.3 is 5.73 Å². The van der Waals surface area contributed by atoms with Gasteiger partial charge in [0.1, 0.15) is 0 Å². The van der Waals surface area contributed by atoms with Crippen molar-refractivity contribution in [1.29, 1.82) is 0 Å². The molecule has 0 radical (unpaired) electrons. The molecule has 0 aromatic carbocycles. The first-order valence-electron chi connectivity index (χ1n) is 8.05. The third-order valence-electron chi connectivity index (χ3n) is 3.77. The summed E-state index contributed by atoms with van der Waals surface area (Å²) in [6.07, 6.45) is 16.7. The molecule has 0 amide bonds. The summed E-state index contributed by atoms with van der Waals surface area (Å²) in [5.74, 6) is 0.804. The number of unbranched alkanes of at least 4 members (excludes halogenated alkanes) is 8.